The molecule has 5 heteroatoms. The Balaban J connectivity index is 2.36. The van der Waals surface area contributed by atoms with Gasteiger partial charge >= 0.3 is 0 Å². The molecule has 0 saturated carbocycles. The van der Waals surface area contributed by atoms with Crippen LogP contribution in [0.5, 0.6) is 5.88 Å². The molecule has 1 aromatic rings. The number of anilines is 2. The van der Waals surface area contributed by atoms with Crippen LogP contribution in [0.1, 0.15) is 33.6 Å². The zero-order valence-corrected chi connectivity index (χ0v) is 12.8. The molecule has 0 aromatic carbocycles. The minimum Gasteiger partial charge on any atom is -0.476 e. The van der Waals surface area contributed by atoms with Crippen LogP contribution in [0.25, 0.3) is 0 Å². The minimum atomic E-state index is 0.448. The topological polar surface area (TPSA) is 69.4 Å². The van der Waals surface area contributed by atoms with Crippen LogP contribution in [-0.4, -0.2) is 31.3 Å². The van der Waals surface area contributed by atoms with Gasteiger partial charge in [-0.3, -0.25) is 0 Å². The van der Waals surface area contributed by atoms with Crippen molar-refractivity contribution in [3.63, 3.8) is 0 Å². The van der Waals surface area contributed by atoms with Crippen LogP contribution in [0.4, 0.5) is 11.5 Å². The maximum atomic E-state index is 5.85. The fourth-order valence-electron chi connectivity index (χ4n) is 1.55. The second kappa shape index (κ2) is 9.42. The van der Waals surface area contributed by atoms with Gasteiger partial charge in [-0.1, -0.05) is 20.8 Å². The smallest absolute Gasteiger partial charge is 0.239 e. The Labute approximate surface area is 121 Å². The Kier molecular flexibility index (Phi) is 7.80. The first kappa shape index (κ1) is 16.6. The van der Waals surface area contributed by atoms with Gasteiger partial charge in [0.2, 0.25) is 5.88 Å². The van der Waals surface area contributed by atoms with E-state index >= 15 is 0 Å². The maximum absolute atomic E-state index is 5.85. The lowest BCUT2D eigenvalue weighted by atomic mass is 10.2. The summed E-state index contributed by atoms with van der Waals surface area (Å²) in [7, 11) is 0. The van der Waals surface area contributed by atoms with Crippen LogP contribution in [0.2, 0.25) is 0 Å². The molecule has 0 aliphatic rings. The monoisotopic (exact) mass is 281 g/mol. The highest BCUT2D eigenvalue weighted by Gasteiger charge is 2.05. The molecule has 0 saturated heterocycles. The Morgan fingerprint density at radius 1 is 1.30 bits per heavy atom. The summed E-state index contributed by atoms with van der Waals surface area (Å²) in [5.41, 5.74) is 6.42. The summed E-state index contributed by atoms with van der Waals surface area (Å²) < 4.78 is 11.0. The van der Waals surface area contributed by atoms with Crippen molar-refractivity contribution in [1.82, 2.24) is 4.98 Å². The number of aromatic nitrogens is 1. The molecule has 3 N–H and O–H groups in total. The van der Waals surface area contributed by atoms with Crippen molar-refractivity contribution >= 4 is 11.5 Å². The highest BCUT2D eigenvalue weighted by molar-refractivity contribution is 5.53. The number of rotatable bonds is 10. The number of nitrogens with two attached hydrogens (primary N) is 1. The van der Waals surface area contributed by atoms with E-state index in [0.717, 1.165) is 38.4 Å². The zero-order chi connectivity index (χ0) is 14.8. The molecule has 0 amide bonds. The lowest BCUT2D eigenvalue weighted by molar-refractivity contribution is 0.134. The van der Waals surface area contributed by atoms with E-state index in [-0.39, 0.29) is 0 Å². The first-order valence-electron chi connectivity index (χ1n) is 7.34. The van der Waals surface area contributed by atoms with Crippen LogP contribution < -0.4 is 15.8 Å². The fraction of sp³-hybridized carbons (Fsp3) is 0.667. The zero-order valence-electron chi connectivity index (χ0n) is 12.8. The summed E-state index contributed by atoms with van der Waals surface area (Å²) in [4.78, 5) is 4.38. The number of nitrogens with one attached hydrogen (secondary N) is 1. The normalized spacial score (nSPS) is 10.8. The quantitative estimate of drug-likeness (QED) is 0.645. The van der Waals surface area contributed by atoms with E-state index in [2.05, 4.69) is 31.1 Å². The van der Waals surface area contributed by atoms with Gasteiger partial charge in [-0.15, -0.1) is 0 Å². The van der Waals surface area contributed by atoms with Crippen LogP contribution in [0.3, 0.4) is 0 Å². The second-order valence-electron chi connectivity index (χ2n) is 5.19. The number of hydrogen-bond acceptors (Lipinski definition) is 5. The van der Waals surface area contributed by atoms with E-state index in [4.69, 9.17) is 15.2 Å². The fourth-order valence-corrected chi connectivity index (χ4v) is 1.55. The van der Waals surface area contributed by atoms with E-state index in [0.29, 0.717) is 24.1 Å². The van der Waals surface area contributed by atoms with Crippen molar-refractivity contribution in [3.05, 3.63) is 12.1 Å². The largest absolute Gasteiger partial charge is 0.476 e. The van der Waals surface area contributed by atoms with Gasteiger partial charge in [0.15, 0.2) is 0 Å². The third kappa shape index (κ3) is 6.61. The van der Waals surface area contributed by atoms with E-state index in [1.165, 1.54) is 0 Å². The summed E-state index contributed by atoms with van der Waals surface area (Å²) in [5.74, 6) is 1.74. The lowest BCUT2D eigenvalue weighted by Gasteiger charge is -2.12. The Morgan fingerprint density at radius 2 is 2.10 bits per heavy atom. The van der Waals surface area contributed by atoms with Crippen molar-refractivity contribution in [3.8, 4) is 5.88 Å². The first-order valence-corrected chi connectivity index (χ1v) is 7.34. The number of nitrogen functional groups attached to an aromatic ring is 1. The molecule has 0 spiro atoms. The van der Waals surface area contributed by atoms with E-state index < -0.39 is 0 Å². The van der Waals surface area contributed by atoms with Crippen molar-refractivity contribution in [2.24, 2.45) is 5.92 Å². The van der Waals surface area contributed by atoms with Gasteiger partial charge in [0.05, 0.1) is 12.3 Å². The molecule has 0 fully saturated rings. The highest BCUT2D eigenvalue weighted by atomic mass is 16.5. The average Bonchev–Trinajstić information content (AvgIpc) is 2.42. The van der Waals surface area contributed by atoms with Gasteiger partial charge in [0.25, 0.3) is 0 Å². The molecule has 1 heterocycles. The molecular weight excluding hydrogens is 254 g/mol. The molecule has 0 bridgehead atoms. The predicted octanol–water partition coefficient (Wildman–Crippen LogP) is 2.93. The lowest BCUT2D eigenvalue weighted by Crippen LogP contribution is -2.10. The van der Waals surface area contributed by atoms with Crippen molar-refractivity contribution in [2.45, 2.75) is 33.6 Å². The highest BCUT2D eigenvalue weighted by Crippen LogP contribution is 2.21. The Bertz CT molecular complexity index is 383. The molecule has 1 rings (SSSR count). The number of nitrogens with zero attached hydrogens (tertiary/aromatic N) is 1. The SMILES string of the molecule is CCCOCCCNc1ccc(N)c(OCC(C)C)n1. The first-order chi connectivity index (χ1) is 9.63. The van der Waals surface area contributed by atoms with Gasteiger partial charge in [-0.2, -0.15) is 4.98 Å². The Hall–Kier alpha value is -1.49. The number of pyridine rings is 1. The van der Waals surface area contributed by atoms with E-state index in [9.17, 15) is 0 Å². The summed E-state index contributed by atoms with van der Waals surface area (Å²) in [6.45, 7) is 9.33. The number of hydrogen-bond donors (Lipinski definition) is 2. The Morgan fingerprint density at radius 3 is 2.80 bits per heavy atom. The molecule has 5 nitrogen and oxygen atoms in total. The van der Waals surface area contributed by atoms with Crippen molar-refractivity contribution < 1.29 is 9.47 Å². The van der Waals surface area contributed by atoms with Gasteiger partial charge in [-0.25, -0.2) is 0 Å². The van der Waals surface area contributed by atoms with E-state index in [1.54, 1.807) is 0 Å². The van der Waals surface area contributed by atoms with Gasteiger partial charge in [-0.05, 0) is 30.9 Å². The summed E-state index contributed by atoms with van der Waals surface area (Å²) >= 11 is 0. The summed E-state index contributed by atoms with van der Waals surface area (Å²) in [6, 6.07) is 3.68. The molecule has 0 aliphatic heterocycles. The van der Waals surface area contributed by atoms with E-state index in [1.807, 2.05) is 12.1 Å². The van der Waals surface area contributed by atoms with Gasteiger partial charge < -0.3 is 20.5 Å². The second-order valence-corrected chi connectivity index (χ2v) is 5.19. The maximum Gasteiger partial charge on any atom is 0.239 e. The molecule has 1 aromatic heterocycles. The average molecular weight is 281 g/mol. The van der Waals surface area contributed by atoms with Gasteiger partial charge in [0.1, 0.15) is 5.82 Å². The summed E-state index contributed by atoms with van der Waals surface area (Å²) in [5, 5.41) is 3.25. The third-order valence-electron chi connectivity index (χ3n) is 2.56. The molecule has 0 unspecified atom stereocenters. The van der Waals surface area contributed by atoms with Crippen LogP contribution in [-0.2, 0) is 4.74 Å². The predicted molar refractivity (Wildman–Crippen MR) is 83.2 cm³/mol. The van der Waals surface area contributed by atoms with Crippen molar-refractivity contribution in [1.29, 1.82) is 0 Å². The minimum absolute atomic E-state index is 0.448. The molecule has 114 valence electrons. The standard InChI is InChI=1S/C15H27N3O2/c1-4-9-19-10-5-8-17-14-7-6-13(16)15(18-14)20-11-12(2)3/h6-7,12H,4-5,8-11,16H2,1-3H3,(H,17,18). The molecule has 0 aliphatic carbocycles. The van der Waals surface area contributed by atoms with Gasteiger partial charge in [0, 0.05) is 19.8 Å². The summed E-state index contributed by atoms with van der Waals surface area (Å²) in [6.07, 6.45) is 2.01. The molecular formula is C15H27N3O2. The van der Waals surface area contributed by atoms with Crippen LogP contribution in [0.15, 0.2) is 12.1 Å². The van der Waals surface area contributed by atoms with Crippen molar-refractivity contribution in [2.75, 3.05) is 37.4 Å². The number of ether oxygens (including phenoxy) is 2. The van der Waals surface area contributed by atoms with Crippen LogP contribution >= 0.6 is 0 Å². The van der Waals surface area contributed by atoms with Crippen LogP contribution in [0, 0.1) is 5.92 Å². The third-order valence-corrected chi connectivity index (χ3v) is 2.56. The molecule has 0 atom stereocenters. The molecule has 20 heavy (non-hydrogen) atoms. The molecule has 0 radical (unpaired) electrons.